The summed E-state index contributed by atoms with van der Waals surface area (Å²) in [6.45, 7) is 0. The molecule has 0 aromatic carbocycles. The molecule has 0 atom stereocenters. The maximum Gasteiger partial charge on any atom is 0.239 e. The van der Waals surface area contributed by atoms with Crippen LogP contribution in [0.25, 0.3) is 5.69 Å². The van der Waals surface area contributed by atoms with E-state index in [9.17, 15) is 0 Å². The third-order valence-electron chi connectivity index (χ3n) is 1.74. The van der Waals surface area contributed by atoms with E-state index in [0.717, 1.165) is 5.69 Å². The molecule has 0 fully saturated rings. The van der Waals surface area contributed by atoms with Gasteiger partial charge in [0.1, 0.15) is 5.69 Å². The van der Waals surface area contributed by atoms with E-state index in [4.69, 9.17) is 16.3 Å². The van der Waals surface area contributed by atoms with Gasteiger partial charge in [0.05, 0.1) is 12.1 Å². The van der Waals surface area contributed by atoms with Crippen LogP contribution in [-0.2, 0) is 0 Å². The quantitative estimate of drug-likeness (QED) is 0.759. The van der Waals surface area contributed by atoms with Crippen LogP contribution in [0.15, 0.2) is 30.7 Å². The number of methoxy groups -OCH3 is 1. The van der Waals surface area contributed by atoms with Crippen molar-refractivity contribution in [2.24, 2.45) is 0 Å². The van der Waals surface area contributed by atoms with Gasteiger partial charge in [0, 0.05) is 18.6 Å². The van der Waals surface area contributed by atoms with E-state index >= 15 is 0 Å². The topological polar surface area (TPSA) is 39.9 Å². The lowest BCUT2D eigenvalue weighted by molar-refractivity contribution is 0.395. The van der Waals surface area contributed by atoms with Crippen LogP contribution in [0, 0.1) is 0 Å². The molecule has 0 N–H and O–H groups in total. The standard InChI is InChI=1S/C9H8ClN3O/c1-14-9-8(5-7(10)6-11-9)13-4-2-3-12-13/h2-6H,1H3. The van der Waals surface area contributed by atoms with E-state index in [1.807, 2.05) is 6.07 Å². The van der Waals surface area contributed by atoms with Gasteiger partial charge in [-0.3, -0.25) is 0 Å². The first-order valence-corrected chi connectivity index (χ1v) is 4.38. The molecule has 0 aliphatic carbocycles. The lowest BCUT2D eigenvalue weighted by Gasteiger charge is -2.06. The number of hydrogen-bond acceptors (Lipinski definition) is 3. The number of rotatable bonds is 2. The van der Waals surface area contributed by atoms with Crippen molar-refractivity contribution < 1.29 is 4.74 Å². The molecule has 0 aliphatic heterocycles. The van der Waals surface area contributed by atoms with Gasteiger partial charge in [-0.1, -0.05) is 11.6 Å². The summed E-state index contributed by atoms with van der Waals surface area (Å²) in [5, 5.41) is 4.63. The summed E-state index contributed by atoms with van der Waals surface area (Å²) in [6.07, 6.45) is 5.02. The lowest BCUT2D eigenvalue weighted by atomic mass is 10.4. The normalized spacial score (nSPS) is 10.1. The van der Waals surface area contributed by atoms with E-state index in [-0.39, 0.29) is 0 Å². The SMILES string of the molecule is COc1ncc(Cl)cc1-n1cccn1. The summed E-state index contributed by atoms with van der Waals surface area (Å²) in [5.74, 6) is 0.498. The maximum absolute atomic E-state index is 5.83. The fourth-order valence-corrected chi connectivity index (χ4v) is 1.30. The van der Waals surface area contributed by atoms with Gasteiger partial charge in [-0.25, -0.2) is 9.67 Å². The predicted molar refractivity (Wildman–Crippen MR) is 52.9 cm³/mol. The number of halogens is 1. The Kier molecular flexibility index (Phi) is 2.37. The summed E-state index contributed by atoms with van der Waals surface area (Å²) in [5.41, 5.74) is 0.727. The van der Waals surface area contributed by atoms with Gasteiger partial charge in [0.15, 0.2) is 0 Å². The van der Waals surface area contributed by atoms with Crippen LogP contribution in [0.4, 0.5) is 0 Å². The van der Waals surface area contributed by atoms with Crippen LogP contribution in [0.3, 0.4) is 0 Å². The third kappa shape index (κ3) is 1.56. The third-order valence-corrected chi connectivity index (χ3v) is 1.95. The monoisotopic (exact) mass is 209 g/mol. The Morgan fingerprint density at radius 3 is 3.00 bits per heavy atom. The van der Waals surface area contributed by atoms with Crippen LogP contribution >= 0.6 is 11.6 Å². The van der Waals surface area contributed by atoms with E-state index in [1.165, 1.54) is 6.20 Å². The van der Waals surface area contributed by atoms with Crippen molar-refractivity contribution in [3.8, 4) is 11.6 Å². The van der Waals surface area contributed by atoms with Crippen molar-refractivity contribution in [2.45, 2.75) is 0 Å². The Balaban J connectivity index is 2.55. The summed E-state index contributed by atoms with van der Waals surface area (Å²) in [6, 6.07) is 3.57. The van der Waals surface area contributed by atoms with E-state index in [2.05, 4.69) is 10.1 Å². The molecule has 0 spiro atoms. The van der Waals surface area contributed by atoms with Gasteiger partial charge in [-0.15, -0.1) is 0 Å². The van der Waals surface area contributed by atoms with Gasteiger partial charge in [0.2, 0.25) is 5.88 Å². The molecule has 2 aromatic rings. The molecule has 0 bridgehead atoms. The zero-order valence-electron chi connectivity index (χ0n) is 7.51. The van der Waals surface area contributed by atoms with Crippen LogP contribution in [0.2, 0.25) is 5.02 Å². The van der Waals surface area contributed by atoms with Gasteiger partial charge in [0.25, 0.3) is 0 Å². The van der Waals surface area contributed by atoms with Gasteiger partial charge < -0.3 is 4.74 Å². The minimum atomic E-state index is 0.498. The fourth-order valence-electron chi connectivity index (χ4n) is 1.15. The molecule has 5 heteroatoms. The highest BCUT2D eigenvalue weighted by atomic mass is 35.5. The highest BCUT2D eigenvalue weighted by Gasteiger charge is 2.07. The molecular weight excluding hydrogens is 202 g/mol. The molecular formula is C9H8ClN3O. The second-order valence-corrected chi connectivity index (χ2v) is 3.07. The second kappa shape index (κ2) is 3.67. The van der Waals surface area contributed by atoms with Crippen LogP contribution < -0.4 is 4.74 Å². The second-order valence-electron chi connectivity index (χ2n) is 2.63. The summed E-state index contributed by atoms with van der Waals surface area (Å²) in [4.78, 5) is 4.04. The molecule has 0 unspecified atom stereocenters. The average molecular weight is 210 g/mol. The van der Waals surface area contributed by atoms with E-state index < -0.39 is 0 Å². The highest BCUT2D eigenvalue weighted by molar-refractivity contribution is 6.30. The van der Waals surface area contributed by atoms with Crippen molar-refractivity contribution in [3.05, 3.63) is 35.7 Å². The Morgan fingerprint density at radius 1 is 1.50 bits per heavy atom. The Hall–Kier alpha value is -1.55. The molecule has 72 valence electrons. The zero-order chi connectivity index (χ0) is 9.97. The number of pyridine rings is 1. The number of aromatic nitrogens is 3. The first-order valence-electron chi connectivity index (χ1n) is 4.01. The molecule has 14 heavy (non-hydrogen) atoms. The Labute approximate surface area is 86.1 Å². The molecule has 4 nitrogen and oxygen atoms in total. The molecule has 0 saturated carbocycles. The number of nitrogens with zero attached hydrogens (tertiary/aromatic N) is 3. The first-order chi connectivity index (χ1) is 6.81. The smallest absolute Gasteiger partial charge is 0.239 e. The van der Waals surface area contributed by atoms with Crippen molar-refractivity contribution in [2.75, 3.05) is 7.11 Å². The van der Waals surface area contributed by atoms with Crippen molar-refractivity contribution in [3.63, 3.8) is 0 Å². The first kappa shape index (κ1) is 9.02. The Morgan fingerprint density at radius 2 is 2.36 bits per heavy atom. The maximum atomic E-state index is 5.83. The van der Waals surface area contributed by atoms with Crippen molar-refractivity contribution >= 4 is 11.6 Å². The molecule has 2 aromatic heterocycles. The number of hydrogen-bond donors (Lipinski definition) is 0. The van der Waals surface area contributed by atoms with Crippen molar-refractivity contribution in [1.29, 1.82) is 0 Å². The van der Waals surface area contributed by atoms with Crippen LogP contribution in [0.1, 0.15) is 0 Å². The van der Waals surface area contributed by atoms with Crippen LogP contribution in [0.5, 0.6) is 5.88 Å². The largest absolute Gasteiger partial charge is 0.479 e. The summed E-state index contributed by atoms with van der Waals surface area (Å²) >= 11 is 5.83. The lowest BCUT2D eigenvalue weighted by Crippen LogP contribution is -2.00. The summed E-state index contributed by atoms with van der Waals surface area (Å²) < 4.78 is 6.74. The molecule has 0 saturated heterocycles. The molecule has 2 heterocycles. The van der Waals surface area contributed by atoms with Gasteiger partial charge in [-0.05, 0) is 12.1 Å². The number of ether oxygens (including phenoxy) is 1. The molecule has 2 rings (SSSR count). The van der Waals surface area contributed by atoms with E-state index in [0.29, 0.717) is 10.9 Å². The van der Waals surface area contributed by atoms with Crippen LogP contribution in [-0.4, -0.2) is 21.9 Å². The zero-order valence-corrected chi connectivity index (χ0v) is 8.27. The van der Waals surface area contributed by atoms with Crippen molar-refractivity contribution in [1.82, 2.24) is 14.8 Å². The summed E-state index contributed by atoms with van der Waals surface area (Å²) in [7, 11) is 1.56. The average Bonchev–Trinajstić information content (AvgIpc) is 2.70. The highest BCUT2D eigenvalue weighted by Crippen LogP contribution is 2.22. The molecule has 0 aliphatic rings. The molecule has 0 radical (unpaired) electrons. The van der Waals surface area contributed by atoms with Gasteiger partial charge >= 0.3 is 0 Å². The van der Waals surface area contributed by atoms with E-state index in [1.54, 1.807) is 30.3 Å². The predicted octanol–water partition coefficient (Wildman–Crippen LogP) is 1.93. The van der Waals surface area contributed by atoms with Gasteiger partial charge in [-0.2, -0.15) is 5.10 Å². The molecule has 0 amide bonds. The minimum Gasteiger partial charge on any atom is -0.479 e. The minimum absolute atomic E-state index is 0.498. The Bertz CT molecular complexity index is 428. The fraction of sp³-hybridized carbons (Fsp3) is 0.111.